The highest BCUT2D eigenvalue weighted by molar-refractivity contribution is 5.18. The van der Waals surface area contributed by atoms with Crippen molar-refractivity contribution < 1.29 is 0 Å². The van der Waals surface area contributed by atoms with Gasteiger partial charge in [0.25, 0.3) is 0 Å². The first-order valence-corrected chi connectivity index (χ1v) is 8.26. The van der Waals surface area contributed by atoms with E-state index in [0.29, 0.717) is 12.0 Å². The molecule has 0 amide bonds. The zero-order valence-corrected chi connectivity index (χ0v) is 13.1. The van der Waals surface area contributed by atoms with Crippen LogP contribution in [0.3, 0.4) is 0 Å². The first-order valence-electron chi connectivity index (χ1n) is 8.26. The summed E-state index contributed by atoms with van der Waals surface area (Å²) in [4.78, 5) is 2.61. The van der Waals surface area contributed by atoms with Crippen LogP contribution in [0.15, 0.2) is 30.3 Å². The molecular formula is C18H30N2. The Morgan fingerprint density at radius 2 is 1.75 bits per heavy atom. The van der Waals surface area contributed by atoms with E-state index in [1.807, 2.05) is 0 Å². The molecule has 0 radical (unpaired) electrons. The molecule has 2 unspecified atom stereocenters. The average Bonchev–Trinajstić information content (AvgIpc) is 2.49. The summed E-state index contributed by atoms with van der Waals surface area (Å²) >= 11 is 0. The number of rotatable bonds is 7. The Morgan fingerprint density at radius 3 is 2.45 bits per heavy atom. The molecular weight excluding hydrogens is 244 g/mol. The number of benzene rings is 1. The van der Waals surface area contributed by atoms with Gasteiger partial charge in [-0.3, -0.25) is 0 Å². The summed E-state index contributed by atoms with van der Waals surface area (Å²) in [6.45, 7) is 9.57. The van der Waals surface area contributed by atoms with Crippen molar-refractivity contribution in [3.05, 3.63) is 35.9 Å². The topological polar surface area (TPSA) is 15.3 Å². The van der Waals surface area contributed by atoms with E-state index in [0.717, 1.165) is 6.54 Å². The van der Waals surface area contributed by atoms with E-state index in [1.165, 1.54) is 50.9 Å². The molecule has 2 atom stereocenters. The maximum atomic E-state index is 3.69. The summed E-state index contributed by atoms with van der Waals surface area (Å²) in [5.74, 6) is 0.644. The van der Waals surface area contributed by atoms with Crippen LogP contribution in [0, 0.1) is 0 Å². The SMILES string of the molecule is CC(CN1CCCCC1)NCCC(C)c1ccccc1. The van der Waals surface area contributed by atoms with Crippen LogP contribution in [0.2, 0.25) is 0 Å². The maximum Gasteiger partial charge on any atom is 0.0166 e. The second kappa shape index (κ2) is 8.43. The van der Waals surface area contributed by atoms with Gasteiger partial charge in [-0.05, 0) is 57.3 Å². The maximum absolute atomic E-state index is 3.69. The van der Waals surface area contributed by atoms with Crippen LogP contribution in [0.4, 0.5) is 0 Å². The molecule has 1 aliphatic rings. The van der Waals surface area contributed by atoms with E-state index in [1.54, 1.807) is 0 Å². The largest absolute Gasteiger partial charge is 0.313 e. The lowest BCUT2D eigenvalue weighted by atomic mass is 9.98. The van der Waals surface area contributed by atoms with Crippen molar-refractivity contribution >= 4 is 0 Å². The predicted octanol–water partition coefficient (Wildman–Crippen LogP) is 3.64. The fraction of sp³-hybridized carbons (Fsp3) is 0.667. The van der Waals surface area contributed by atoms with Gasteiger partial charge in [0.05, 0.1) is 0 Å². The van der Waals surface area contributed by atoms with E-state index >= 15 is 0 Å². The molecule has 1 aromatic carbocycles. The van der Waals surface area contributed by atoms with Crippen molar-refractivity contribution in [2.24, 2.45) is 0 Å². The standard InChI is InChI=1S/C18H30N2/c1-16(18-9-5-3-6-10-18)11-12-19-17(2)15-20-13-7-4-8-14-20/h3,5-6,9-10,16-17,19H,4,7-8,11-15H2,1-2H3. The number of hydrogen-bond acceptors (Lipinski definition) is 2. The van der Waals surface area contributed by atoms with Crippen LogP contribution in [0.1, 0.15) is 51.0 Å². The van der Waals surface area contributed by atoms with E-state index in [2.05, 4.69) is 54.4 Å². The Morgan fingerprint density at radius 1 is 1.05 bits per heavy atom. The molecule has 112 valence electrons. The minimum atomic E-state index is 0.607. The molecule has 1 aliphatic heterocycles. The van der Waals surface area contributed by atoms with Crippen molar-refractivity contribution in [2.75, 3.05) is 26.2 Å². The molecule has 1 heterocycles. The first-order chi connectivity index (χ1) is 9.75. The summed E-state index contributed by atoms with van der Waals surface area (Å²) in [5, 5.41) is 3.69. The van der Waals surface area contributed by atoms with Crippen LogP contribution in [-0.2, 0) is 0 Å². The third-order valence-electron chi connectivity index (χ3n) is 4.42. The Kier molecular flexibility index (Phi) is 6.55. The molecule has 0 bridgehead atoms. The highest BCUT2D eigenvalue weighted by Crippen LogP contribution is 2.17. The zero-order valence-electron chi connectivity index (χ0n) is 13.1. The van der Waals surface area contributed by atoms with Gasteiger partial charge in [-0.2, -0.15) is 0 Å². The van der Waals surface area contributed by atoms with E-state index in [9.17, 15) is 0 Å². The number of likely N-dealkylation sites (tertiary alicyclic amines) is 1. The van der Waals surface area contributed by atoms with Gasteiger partial charge in [0.1, 0.15) is 0 Å². The third-order valence-corrected chi connectivity index (χ3v) is 4.42. The Hall–Kier alpha value is -0.860. The highest BCUT2D eigenvalue weighted by atomic mass is 15.1. The number of hydrogen-bond donors (Lipinski definition) is 1. The van der Waals surface area contributed by atoms with Crippen LogP contribution < -0.4 is 5.32 Å². The van der Waals surface area contributed by atoms with Crippen molar-refractivity contribution in [1.82, 2.24) is 10.2 Å². The molecule has 2 rings (SSSR count). The molecule has 0 aromatic heterocycles. The molecule has 20 heavy (non-hydrogen) atoms. The number of piperidine rings is 1. The number of nitrogens with zero attached hydrogens (tertiary/aromatic N) is 1. The van der Waals surface area contributed by atoms with Crippen molar-refractivity contribution in [3.63, 3.8) is 0 Å². The monoisotopic (exact) mass is 274 g/mol. The summed E-state index contributed by atoms with van der Waals surface area (Å²) < 4.78 is 0. The quantitative estimate of drug-likeness (QED) is 0.816. The molecule has 1 aromatic rings. The smallest absolute Gasteiger partial charge is 0.0166 e. The number of nitrogens with one attached hydrogen (secondary N) is 1. The van der Waals surface area contributed by atoms with Crippen molar-refractivity contribution in [2.45, 2.75) is 51.5 Å². The molecule has 2 heteroatoms. The van der Waals surface area contributed by atoms with Crippen molar-refractivity contribution in [1.29, 1.82) is 0 Å². The molecule has 0 saturated carbocycles. The normalized spacial score (nSPS) is 19.7. The van der Waals surface area contributed by atoms with Crippen LogP contribution >= 0.6 is 0 Å². The lowest BCUT2D eigenvalue weighted by Gasteiger charge is -2.29. The van der Waals surface area contributed by atoms with E-state index in [4.69, 9.17) is 0 Å². The molecule has 1 saturated heterocycles. The molecule has 0 aliphatic carbocycles. The minimum Gasteiger partial charge on any atom is -0.313 e. The zero-order chi connectivity index (χ0) is 14.2. The molecule has 2 nitrogen and oxygen atoms in total. The summed E-state index contributed by atoms with van der Waals surface area (Å²) in [5.41, 5.74) is 1.46. The van der Waals surface area contributed by atoms with Crippen molar-refractivity contribution in [3.8, 4) is 0 Å². The van der Waals surface area contributed by atoms with E-state index in [-0.39, 0.29) is 0 Å². The van der Waals surface area contributed by atoms with Gasteiger partial charge in [-0.1, -0.05) is 43.7 Å². The van der Waals surface area contributed by atoms with Gasteiger partial charge in [0, 0.05) is 12.6 Å². The predicted molar refractivity (Wildman–Crippen MR) is 87.2 cm³/mol. The fourth-order valence-electron chi connectivity index (χ4n) is 3.09. The lowest BCUT2D eigenvalue weighted by Crippen LogP contribution is -2.41. The Balaban J connectivity index is 1.62. The highest BCUT2D eigenvalue weighted by Gasteiger charge is 2.13. The van der Waals surface area contributed by atoms with Gasteiger partial charge in [0.2, 0.25) is 0 Å². The van der Waals surface area contributed by atoms with Crippen LogP contribution in [0.5, 0.6) is 0 Å². The summed E-state index contributed by atoms with van der Waals surface area (Å²) in [7, 11) is 0. The second-order valence-corrected chi connectivity index (χ2v) is 6.32. The Labute approximate surface area is 124 Å². The van der Waals surface area contributed by atoms with Gasteiger partial charge in [-0.25, -0.2) is 0 Å². The van der Waals surface area contributed by atoms with Gasteiger partial charge in [0.15, 0.2) is 0 Å². The molecule has 1 N–H and O–H groups in total. The summed E-state index contributed by atoms with van der Waals surface area (Å²) in [6, 6.07) is 11.5. The third kappa shape index (κ3) is 5.26. The fourth-order valence-corrected chi connectivity index (χ4v) is 3.09. The van der Waals surface area contributed by atoms with E-state index < -0.39 is 0 Å². The lowest BCUT2D eigenvalue weighted by molar-refractivity contribution is 0.209. The van der Waals surface area contributed by atoms with Gasteiger partial charge in [-0.15, -0.1) is 0 Å². The van der Waals surface area contributed by atoms with Gasteiger partial charge >= 0.3 is 0 Å². The van der Waals surface area contributed by atoms with Crippen LogP contribution in [0.25, 0.3) is 0 Å². The van der Waals surface area contributed by atoms with Gasteiger partial charge < -0.3 is 10.2 Å². The molecule has 1 fully saturated rings. The Bertz CT molecular complexity index is 357. The average molecular weight is 274 g/mol. The minimum absolute atomic E-state index is 0.607. The summed E-state index contributed by atoms with van der Waals surface area (Å²) in [6.07, 6.45) is 5.41. The second-order valence-electron chi connectivity index (χ2n) is 6.32. The molecule has 0 spiro atoms. The van der Waals surface area contributed by atoms with Crippen LogP contribution in [-0.4, -0.2) is 37.1 Å². The first kappa shape index (κ1) is 15.5.